The lowest BCUT2D eigenvalue weighted by atomic mass is 10.3. The Morgan fingerprint density at radius 3 is 2.76 bits per heavy atom. The van der Waals surface area contributed by atoms with Crippen LogP contribution in [0.4, 0.5) is 17.3 Å². The highest BCUT2D eigenvalue weighted by atomic mass is 32.2. The van der Waals surface area contributed by atoms with E-state index < -0.39 is 0 Å². The van der Waals surface area contributed by atoms with Crippen molar-refractivity contribution < 1.29 is 4.79 Å². The van der Waals surface area contributed by atoms with Crippen LogP contribution < -0.4 is 10.6 Å². The zero-order valence-electron chi connectivity index (χ0n) is 15.6. The fourth-order valence-corrected chi connectivity index (χ4v) is 3.70. The monoisotopic (exact) mass is 406 g/mol. The number of hydrogen-bond acceptors (Lipinski definition) is 7. The lowest BCUT2D eigenvalue weighted by molar-refractivity contribution is -0.117. The van der Waals surface area contributed by atoms with Crippen LogP contribution in [0.15, 0.2) is 52.8 Å². The first-order valence-electron chi connectivity index (χ1n) is 9.23. The van der Waals surface area contributed by atoms with Crippen LogP contribution in [0.2, 0.25) is 0 Å². The Hall–Kier alpha value is -3.40. The van der Waals surface area contributed by atoms with Gasteiger partial charge in [-0.15, -0.1) is 0 Å². The number of benzene rings is 1. The molecule has 0 atom stereocenters. The first-order valence-corrected chi connectivity index (χ1v) is 10.0. The second-order valence-corrected chi connectivity index (χ2v) is 7.95. The number of hydrogen-bond donors (Lipinski definition) is 3. The molecule has 10 heteroatoms. The Morgan fingerprint density at radius 2 is 2.03 bits per heavy atom. The molecule has 0 unspecified atom stereocenters. The van der Waals surface area contributed by atoms with E-state index in [4.69, 9.17) is 0 Å². The van der Waals surface area contributed by atoms with Crippen LogP contribution in [0.5, 0.6) is 0 Å². The van der Waals surface area contributed by atoms with E-state index in [1.807, 2.05) is 43.3 Å². The second kappa shape index (κ2) is 7.21. The number of amides is 1. The smallest absolute Gasteiger partial charge is 0.227 e. The first-order chi connectivity index (χ1) is 14.1. The molecule has 0 bridgehead atoms. The van der Waals surface area contributed by atoms with Gasteiger partial charge in [0.1, 0.15) is 12.1 Å². The van der Waals surface area contributed by atoms with Crippen molar-refractivity contribution in [2.45, 2.75) is 29.8 Å². The van der Waals surface area contributed by atoms with Crippen LogP contribution in [0.25, 0.3) is 5.65 Å². The average molecular weight is 406 g/mol. The minimum absolute atomic E-state index is 0.101. The van der Waals surface area contributed by atoms with Crippen molar-refractivity contribution in [1.29, 1.82) is 0 Å². The number of aryl methyl sites for hydroxylation is 1. The number of nitrogens with zero attached hydrogens (tertiary/aromatic N) is 5. The van der Waals surface area contributed by atoms with Gasteiger partial charge in [-0.3, -0.25) is 9.89 Å². The van der Waals surface area contributed by atoms with E-state index in [0.717, 1.165) is 29.1 Å². The van der Waals surface area contributed by atoms with E-state index >= 15 is 0 Å². The Morgan fingerprint density at radius 1 is 1.21 bits per heavy atom. The van der Waals surface area contributed by atoms with E-state index in [-0.39, 0.29) is 11.8 Å². The third-order valence-electron chi connectivity index (χ3n) is 4.48. The van der Waals surface area contributed by atoms with Gasteiger partial charge in [0.05, 0.1) is 0 Å². The van der Waals surface area contributed by atoms with Crippen molar-refractivity contribution in [3.63, 3.8) is 0 Å². The molecule has 1 fully saturated rings. The van der Waals surface area contributed by atoms with Crippen LogP contribution >= 0.6 is 11.8 Å². The van der Waals surface area contributed by atoms with Gasteiger partial charge in [-0.1, -0.05) is 0 Å². The molecule has 1 saturated carbocycles. The molecular formula is C19H18N8OS. The number of aromatic amines is 1. The van der Waals surface area contributed by atoms with Crippen molar-refractivity contribution >= 4 is 40.6 Å². The highest BCUT2D eigenvalue weighted by Crippen LogP contribution is 2.31. The highest BCUT2D eigenvalue weighted by Gasteiger charge is 2.29. The molecule has 146 valence electrons. The molecule has 1 aliphatic carbocycles. The van der Waals surface area contributed by atoms with Crippen molar-refractivity contribution in [3.8, 4) is 0 Å². The number of rotatable bonds is 6. The fraction of sp³-hybridized carbons (Fsp3) is 0.211. The van der Waals surface area contributed by atoms with Crippen LogP contribution in [0.3, 0.4) is 0 Å². The van der Waals surface area contributed by atoms with Crippen LogP contribution in [0.1, 0.15) is 18.5 Å². The standard InChI is InChI=1S/C19H18N8OS/c1-11-8-16(26-25-11)23-15-9-17-20-10-21-27(17)19(24-15)29-14-6-4-13(5-7-14)22-18(28)12-2-3-12/h4-10,12H,2-3H2,1H3,(H,22,28)(H2,23,25,26). The van der Waals surface area contributed by atoms with Crippen molar-refractivity contribution in [3.05, 3.63) is 48.4 Å². The maximum atomic E-state index is 11.9. The predicted octanol–water partition coefficient (Wildman–Crippen LogP) is 3.40. The molecule has 29 heavy (non-hydrogen) atoms. The number of carbonyl (C=O) groups is 1. The van der Waals surface area contributed by atoms with Crippen LogP contribution in [-0.4, -0.2) is 35.7 Å². The summed E-state index contributed by atoms with van der Waals surface area (Å²) in [7, 11) is 0. The lowest BCUT2D eigenvalue weighted by Crippen LogP contribution is -2.12. The number of anilines is 3. The van der Waals surface area contributed by atoms with E-state index in [0.29, 0.717) is 22.4 Å². The largest absolute Gasteiger partial charge is 0.326 e. The first kappa shape index (κ1) is 17.7. The minimum Gasteiger partial charge on any atom is -0.326 e. The third-order valence-corrected chi connectivity index (χ3v) is 5.43. The second-order valence-electron chi connectivity index (χ2n) is 6.91. The Bertz CT molecular complexity index is 1180. The number of carbonyl (C=O) groups excluding carboxylic acids is 1. The molecule has 9 nitrogen and oxygen atoms in total. The van der Waals surface area contributed by atoms with Gasteiger partial charge in [0.2, 0.25) is 5.91 Å². The Labute approximate surface area is 170 Å². The van der Waals surface area contributed by atoms with E-state index in [9.17, 15) is 4.79 Å². The summed E-state index contributed by atoms with van der Waals surface area (Å²) in [5, 5.41) is 18.1. The summed E-state index contributed by atoms with van der Waals surface area (Å²) in [6.45, 7) is 1.94. The number of fused-ring (bicyclic) bond motifs is 1. The van der Waals surface area contributed by atoms with Crippen LogP contribution in [-0.2, 0) is 4.79 Å². The molecule has 4 aromatic rings. The highest BCUT2D eigenvalue weighted by molar-refractivity contribution is 7.99. The van der Waals surface area contributed by atoms with Crippen molar-refractivity contribution in [2.24, 2.45) is 5.92 Å². The van der Waals surface area contributed by atoms with Gasteiger partial charge in [-0.25, -0.2) is 9.97 Å². The molecule has 5 rings (SSSR count). The summed E-state index contributed by atoms with van der Waals surface area (Å²) < 4.78 is 1.69. The van der Waals surface area contributed by atoms with Gasteiger partial charge in [0, 0.05) is 34.3 Å². The normalized spacial score (nSPS) is 13.6. The fourth-order valence-electron chi connectivity index (χ4n) is 2.85. The minimum atomic E-state index is 0.101. The topological polar surface area (TPSA) is 113 Å². The van der Waals surface area contributed by atoms with Crippen molar-refractivity contribution in [2.75, 3.05) is 10.6 Å². The molecule has 1 aromatic carbocycles. The summed E-state index contributed by atoms with van der Waals surface area (Å²) in [5.41, 5.74) is 2.44. The third kappa shape index (κ3) is 3.92. The zero-order chi connectivity index (χ0) is 19.8. The molecule has 0 aliphatic heterocycles. The molecule has 0 radical (unpaired) electrons. The predicted molar refractivity (Wildman–Crippen MR) is 109 cm³/mol. The Kier molecular flexibility index (Phi) is 4.39. The van der Waals surface area contributed by atoms with Crippen molar-refractivity contribution in [1.82, 2.24) is 29.8 Å². The van der Waals surface area contributed by atoms with Gasteiger partial charge in [0.25, 0.3) is 0 Å². The van der Waals surface area contributed by atoms with E-state index in [1.54, 1.807) is 4.52 Å². The molecule has 1 aliphatic rings. The summed E-state index contributed by atoms with van der Waals surface area (Å²) in [4.78, 5) is 21.8. The molecule has 3 aromatic heterocycles. The average Bonchev–Trinajstić information content (AvgIpc) is 3.32. The summed E-state index contributed by atoms with van der Waals surface area (Å²) in [5.74, 6) is 1.60. The molecule has 0 spiro atoms. The lowest BCUT2D eigenvalue weighted by Gasteiger charge is -2.08. The number of aromatic nitrogens is 6. The number of H-pyrrole nitrogens is 1. The summed E-state index contributed by atoms with van der Waals surface area (Å²) in [6, 6.07) is 11.4. The van der Waals surface area contributed by atoms with Gasteiger partial charge in [-0.05, 0) is 55.8 Å². The summed E-state index contributed by atoms with van der Waals surface area (Å²) >= 11 is 1.47. The zero-order valence-corrected chi connectivity index (χ0v) is 16.4. The molecular weight excluding hydrogens is 388 g/mol. The quantitative estimate of drug-likeness (QED) is 0.421. The van der Waals surface area contributed by atoms with Gasteiger partial charge >= 0.3 is 0 Å². The van der Waals surface area contributed by atoms with Gasteiger partial charge in [0.15, 0.2) is 16.6 Å². The maximum absolute atomic E-state index is 11.9. The Balaban J connectivity index is 1.37. The van der Waals surface area contributed by atoms with Gasteiger partial charge < -0.3 is 10.6 Å². The molecule has 3 heterocycles. The SMILES string of the molecule is Cc1cc(Nc2cc3ncnn3c(Sc3ccc(NC(=O)C4CC4)cc3)n2)n[nH]1. The van der Waals surface area contributed by atoms with Gasteiger partial charge in [-0.2, -0.15) is 14.7 Å². The van der Waals surface area contributed by atoms with E-state index in [2.05, 4.69) is 35.9 Å². The van der Waals surface area contributed by atoms with Crippen LogP contribution in [0, 0.1) is 12.8 Å². The summed E-state index contributed by atoms with van der Waals surface area (Å²) in [6.07, 6.45) is 3.48. The molecule has 3 N–H and O–H groups in total. The van der Waals surface area contributed by atoms with E-state index in [1.165, 1.54) is 18.1 Å². The maximum Gasteiger partial charge on any atom is 0.227 e. The molecule has 0 saturated heterocycles. The number of nitrogens with one attached hydrogen (secondary N) is 3. The molecule has 1 amide bonds.